The number of hydrogen-bond acceptors (Lipinski definition) is 7. The molecule has 0 saturated heterocycles. The molecule has 13 heteroatoms. The zero-order valence-corrected chi connectivity index (χ0v) is 21.8. The molecule has 0 bridgehead atoms. The molecule has 2 aliphatic heterocycles. The van der Waals surface area contributed by atoms with Crippen LogP contribution in [0.5, 0.6) is 11.5 Å². The van der Waals surface area contributed by atoms with Crippen LogP contribution < -0.4 is 19.7 Å². The molecule has 2 atom stereocenters. The molecule has 0 aromatic heterocycles. The molecule has 0 radical (unpaired) electrons. The Bertz CT molecular complexity index is 1590. The monoisotopic (exact) mass is 576 g/mol. The van der Waals surface area contributed by atoms with E-state index < -0.39 is 39.8 Å². The highest BCUT2D eigenvalue weighted by atomic mass is 32.2. The summed E-state index contributed by atoms with van der Waals surface area (Å²) in [6, 6.07) is 13.8. The molecule has 3 aromatic rings. The van der Waals surface area contributed by atoms with Crippen molar-refractivity contribution in [2.45, 2.75) is 29.5 Å². The molecule has 0 unspecified atom stereocenters. The largest absolute Gasteiger partial charge is 0.493 e. The van der Waals surface area contributed by atoms with Crippen molar-refractivity contribution in [1.82, 2.24) is 0 Å². The van der Waals surface area contributed by atoms with Gasteiger partial charge in [-0.05, 0) is 36.4 Å². The van der Waals surface area contributed by atoms with Gasteiger partial charge < -0.3 is 19.9 Å². The number of amides is 1. The second-order valence-corrected chi connectivity index (χ2v) is 11.5. The number of hydrogen-bond donors (Lipinski definition) is 2. The van der Waals surface area contributed by atoms with E-state index in [4.69, 9.17) is 14.6 Å². The first-order valence-corrected chi connectivity index (χ1v) is 13.9. The van der Waals surface area contributed by atoms with E-state index in [0.717, 1.165) is 6.26 Å². The van der Waals surface area contributed by atoms with Crippen LogP contribution in [-0.4, -0.2) is 51.0 Å². The van der Waals surface area contributed by atoms with Gasteiger partial charge in [0.05, 0.1) is 29.7 Å². The maximum Gasteiger partial charge on any atom is 0.471 e. The molecule has 2 aliphatic rings. The number of carbonyl (C=O) groups excluding carboxylic acids is 1. The van der Waals surface area contributed by atoms with Crippen LogP contribution in [0.15, 0.2) is 65.6 Å². The number of sulfone groups is 1. The normalized spacial score (nSPS) is 17.8. The fourth-order valence-electron chi connectivity index (χ4n) is 4.85. The van der Waals surface area contributed by atoms with Crippen molar-refractivity contribution in [3.05, 3.63) is 71.8 Å². The molecular weight excluding hydrogens is 553 g/mol. The Morgan fingerprint density at radius 3 is 2.40 bits per heavy atom. The van der Waals surface area contributed by atoms with Gasteiger partial charge in [0.2, 0.25) is 0 Å². The van der Waals surface area contributed by atoms with Crippen LogP contribution in [0.25, 0.3) is 0 Å². The van der Waals surface area contributed by atoms with Crippen molar-refractivity contribution in [2.24, 2.45) is 0 Å². The average Bonchev–Trinajstić information content (AvgIpc) is 3.48. The summed E-state index contributed by atoms with van der Waals surface area (Å²) in [4.78, 5) is 24.6. The van der Waals surface area contributed by atoms with E-state index in [-0.39, 0.29) is 41.7 Å². The Hall–Kier alpha value is -4.26. The third kappa shape index (κ3) is 5.28. The van der Waals surface area contributed by atoms with Gasteiger partial charge >= 0.3 is 18.1 Å². The number of aliphatic carboxylic acids is 1. The topological polar surface area (TPSA) is 122 Å². The summed E-state index contributed by atoms with van der Waals surface area (Å²) in [5.74, 6) is -3.11. The zero-order valence-electron chi connectivity index (χ0n) is 20.9. The van der Waals surface area contributed by atoms with E-state index in [2.05, 4.69) is 5.32 Å². The Balaban J connectivity index is 1.48. The predicted octanol–water partition coefficient (Wildman–Crippen LogP) is 4.81. The molecule has 210 valence electrons. The number of carboxylic acid groups (broad SMARTS) is 1. The number of benzene rings is 3. The summed E-state index contributed by atoms with van der Waals surface area (Å²) >= 11 is 0. The number of para-hydroxylation sites is 1. The minimum absolute atomic E-state index is 0.0634. The Morgan fingerprint density at radius 2 is 1.75 bits per heavy atom. The van der Waals surface area contributed by atoms with Crippen LogP contribution in [0, 0.1) is 0 Å². The first-order valence-electron chi connectivity index (χ1n) is 12.0. The average molecular weight is 577 g/mol. The van der Waals surface area contributed by atoms with Crippen LogP contribution in [0.1, 0.15) is 29.5 Å². The summed E-state index contributed by atoms with van der Waals surface area (Å²) in [5.41, 5.74) is 1.74. The van der Waals surface area contributed by atoms with Gasteiger partial charge in [-0.2, -0.15) is 13.2 Å². The van der Waals surface area contributed by atoms with E-state index in [9.17, 15) is 31.2 Å². The quantitative estimate of drug-likeness (QED) is 0.411. The first-order chi connectivity index (χ1) is 18.8. The Morgan fingerprint density at radius 1 is 1.02 bits per heavy atom. The third-order valence-electron chi connectivity index (χ3n) is 6.70. The van der Waals surface area contributed by atoms with Crippen molar-refractivity contribution >= 4 is 38.8 Å². The fourth-order valence-corrected chi connectivity index (χ4v) is 5.48. The lowest BCUT2D eigenvalue weighted by Gasteiger charge is -2.29. The molecule has 1 amide bonds. The molecule has 2 N–H and O–H groups in total. The lowest BCUT2D eigenvalue weighted by atomic mass is 9.97. The number of rotatable bonds is 7. The number of anilines is 3. The van der Waals surface area contributed by atoms with E-state index in [1.54, 1.807) is 30.3 Å². The van der Waals surface area contributed by atoms with Gasteiger partial charge in [-0.15, -0.1) is 0 Å². The van der Waals surface area contributed by atoms with Crippen molar-refractivity contribution in [3.63, 3.8) is 0 Å². The maximum atomic E-state index is 13.8. The first kappa shape index (κ1) is 27.3. The molecule has 0 spiro atoms. The van der Waals surface area contributed by atoms with Crippen molar-refractivity contribution in [1.29, 1.82) is 0 Å². The number of carboxylic acids is 1. The highest BCUT2D eigenvalue weighted by Gasteiger charge is 2.48. The van der Waals surface area contributed by atoms with E-state index in [0.29, 0.717) is 27.4 Å². The highest BCUT2D eigenvalue weighted by Crippen LogP contribution is 2.46. The van der Waals surface area contributed by atoms with E-state index in [1.807, 2.05) is 0 Å². The smallest absolute Gasteiger partial charge is 0.471 e. The van der Waals surface area contributed by atoms with Crippen LogP contribution in [0.4, 0.5) is 30.2 Å². The SMILES string of the molecule is CS(=O)(=O)c1ccc(Nc2cccc3c2OC[C@H]3N(C(=O)C(F)(F)F)c2ccc3c(c2)OC[C@H]3CC(=O)O)cc1. The number of carbonyl (C=O) groups is 2. The van der Waals surface area contributed by atoms with E-state index in [1.165, 1.54) is 30.3 Å². The number of nitrogens with one attached hydrogen (secondary N) is 1. The second kappa shape index (κ2) is 10.0. The van der Waals surface area contributed by atoms with Gasteiger partial charge in [0.25, 0.3) is 0 Å². The van der Waals surface area contributed by atoms with Crippen molar-refractivity contribution in [3.8, 4) is 11.5 Å². The molecule has 0 fully saturated rings. The third-order valence-corrected chi connectivity index (χ3v) is 7.83. The van der Waals surface area contributed by atoms with Gasteiger partial charge in [0.15, 0.2) is 9.84 Å². The highest BCUT2D eigenvalue weighted by molar-refractivity contribution is 7.90. The minimum Gasteiger partial charge on any atom is -0.493 e. The van der Waals surface area contributed by atoms with Crippen molar-refractivity contribution < 1.29 is 45.8 Å². The number of nitrogens with zero attached hydrogens (tertiary/aromatic N) is 1. The molecule has 2 heterocycles. The summed E-state index contributed by atoms with van der Waals surface area (Å²) in [7, 11) is -3.39. The van der Waals surface area contributed by atoms with Crippen LogP contribution in [-0.2, 0) is 19.4 Å². The molecule has 0 saturated carbocycles. The summed E-state index contributed by atoms with van der Waals surface area (Å²) in [6.07, 6.45) is -4.30. The molecule has 0 aliphatic carbocycles. The van der Waals surface area contributed by atoms with Crippen LogP contribution in [0.2, 0.25) is 0 Å². The summed E-state index contributed by atoms with van der Waals surface area (Å²) < 4.78 is 76.2. The van der Waals surface area contributed by atoms with Crippen molar-refractivity contribution in [2.75, 3.05) is 29.7 Å². The summed E-state index contributed by atoms with van der Waals surface area (Å²) in [5, 5.41) is 12.2. The number of halogens is 3. The van der Waals surface area contributed by atoms with Gasteiger partial charge in [-0.1, -0.05) is 18.2 Å². The van der Waals surface area contributed by atoms with Gasteiger partial charge in [0, 0.05) is 40.7 Å². The Labute approximate surface area is 227 Å². The van der Waals surface area contributed by atoms with Crippen LogP contribution in [0.3, 0.4) is 0 Å². The van der Waals surface area contributed by atoms with E-state index >= 15 is 0 Å². The molecular formula is C27H23F3N2O7S. The van der Waals surface area contributed by atoms with Gasteiger partial charge in [-0.3, -0.25) is 14.5 Å². The lowest BCUT2D eigenvalue weighted by Crippen LogP contribution is -2.44. The molecule has 9 nitrogen and oxygen atoms in total. The zero-order chi connectivity index (χ0) is 28.8. The minimum atomic E-state index is -5.19. The maximum absolute atomic E-state index is 13.8. The number of fused-ring (bicyclic) bond motifs is 2. The molecule has 40 heavy (non-hydrogen) atoms. The standard InChI is InChI=1S/C27H23F3N2O7S/c1-40(36,37)18-8-5-16(6-9-18)31-21-4-2-3-20-22(14-39-25(20)21)32(26(35)27(28,29)30)17-7-10-19-15(11-24(33)34)13-38-23(19)12-17/h2-10,12,15,22,31H,11,13-14H2,1H3,(H,33,34)/t15-,22-/m1/s1. The predicted molar refractivity (Wildman–Crippen MR) is 138 cm³/mol. The number of alkyl halides is 3. The fraction of sp³-hybridized carbons (Fsp3) is 0.259. The second-order valence-electron chi connectivity index (χ2n) is 9.47. The summed E-state index contributed by atoms with van der Waals surface area (Å²) in [6.45, 7) is -0.198. The van der Waals surface area contributed by atoms with Crippen LogP contribution >= 0.6 is 0 Å². The molecule has 3 aromatic carbocycles. The lowest BCUT2D eigenvalue weighted by molar-refractivity contribution is -0.171. The number of ether oxygens (including phenoxy) is 2. The Kier molecular flexibility index (Phi) is 6.86. The van der Waals surface area contributed by atoms with Gasteiger partial charge in [0.1, 0.15) is 18.1 Å². The van der Waals surface area contributed by atoms with Gasteiger partial charge in [-0.25, -0.2) is 8.42 Å². The molecule has 5 rings (SSSR count).